The molecule has 96 valence electrons. The second kappa shape index (κ2) is 5.18. The zero-order valence-corrected chi connectivity index (χ0v) is 10.8. The van der Waals surface area contributed by atoms with E-state index in [4.69, 9.17) is 0 Å². The largest absolute Gasteiger partial charge is 0.311 e. The number of rotatable bonds is 5. The third-order valence-corrected chi connectivity index (χ3v) is 2.69. The molecule has 0 saturated carbocycles. The van der Waals surface area contributed by atoms with E-state index < -0.39 is 0 Å². The minimum Gasteiger partial charge on any atom is -0.311 e. The second-order valence-electron chi connectivity index (χ2n) is 4.68. The smallest absolute Gasteiger partial charge is 0.276 e. The van der Waals surface area contributed by atoms with Gasteiger partial charge in [-0.05, 0) is 11.6 Å². The van der Waals surface area contributed by atoms with Crippen LogP contribution in [0, 0.1) is 0 Å². The maximum Gasteiger partial charge on any atom is 0.276 e. The molecular weight excluding hydrogens is 228 g/mol. The number of hydrogen-bond donors (Lipinski definition) is 1. The topological polar surface area (TPSA) is 51.3 Å². The molecule has 18 heavy (non-hydrogen) atoms. The molecule has 2 rings (SSSR count). The van der Waals surface area contributed by atoms with Gasteiger partial charge in [0.25, 0.3) is 5.56 Å². The van der Waals surface area contributed by atoms with Crippen molar-refractivity contribution in [3.8, 4) is 0 Å². The summed E-state index contributed by atoms with van der Waals surface area (Å²) >= 11 is 0. The van der Waals surface area contributed by atoms with Gasteiger partial charge in [0.2, 0.25) is 0 Å². The Morgan fingerprint density at radius 2 is 2.28 bits per heavy atom. The van der Waals surface area contributed by atoms with Crippen LogP contribution in [-0.2, 0) is 6.54 Å². The fraction of sp³-hybridized carbons (Fsp3) is 0.385. The van der Waals surface area contributed by atoms with Crippen LogP contribution in [0.4, 0.5) is 0 Å². The lowest BCUT2D eigenvalue weighted by Crippen LogP contribution is -2.28. The Hall–Kier alpha value is -1.88. The first-order valence-corrected chi connectivity index (χ1v) is 6.01. The Bertz CT molecular complexity index is 609. The quantitative estimate of drug-likeness (QED) is 0.802. The van der Waals surface area contributed by atoms with E-state index in [0.29, 0.717) is 24.6 Å². The highest BCUT2D eigenvalue weighted by Gasteiger charge is 2.04. The van der Waals surface area contributed by atoms with Crippen molar-refractivity contribution >= 4 is 5.52 Å². The Morgan fingerprint density at radius 3 is 3.00 bits per heavy atom. The molecule has 0 saturated heterocycles. The molecule has 0 atom stereocenters. The van der Waals surface area contributed by atoms with Gasteiger partial charge in [-0.25, -0.2) is 4.52 Å². The number of nitrogens with zero attached hydrogens (tertiary/aromatic N) is 3. The van der Waals surface area contributed by atoms with Crippen molar-refractivity contribution in [3.05, 3.63) is 47.2 Å². The third kappa shape index (κ3) is 2.68. The predicted octanol–water partition coefficient (Wildman–Crippen LogP) is 1.05. The van der Waals surface area contributed by atoms with E-state index in [1.807, 2.05) is 0 Å². The number of hydrogen-bond acceptors (Lipinski definition) is 3. The fourth-order valence-electron chi connectivity index (χ4n) is 1.73. The monoisotopic (exact) mass is 246 g/mol. The van der Waals surface area contributed by atoms with Crippen LogP contribution in [0.15, 0.2) is 41.6 Å². The number of fused-ring (bicyclic) bond motifs is 1. The van der Waals surface area contributed by atoms with E-state index in [9.17, 15) is 4.79 Å². The zero-order chi connectivity index (χ0) is 13.1. The summed E-state index contributed by atoms with van der Waals surface area (Å²) in [5.74, 6) is 0. The van der Waals surface area contributed by atoms with Crippen molar-refractivity contribution in [1.29, 1.82) is 0 Å². The van der Waals surface area contributed by atoms with Crippen molar-refractivity contribution in [1.82, 2.24) is 19.5 Å². The molecule has 0 amide bonds. The summed E-state index contributed by atoms with van der Waals surface area (Å²) in [5.41, 5.74) is 1.53. The van der Waals surface area contributed by atoms with Gasteiger partial charge in [0.15, 0.2) is 0 Å². The van der Waals surface area contributed by atoms with E-state index in [2.05, 4.69) is 30.8 Å². The molecular formula is C13H18N4O. The highest BCUT2D eigenvalue weighted by Crippen LogP contribution is 1.98. The SMILES string of the molecule is C=C(CNC(C)C)Cn1ccn2nccc2c1=O. The van der Waals surface area contributed by atoms with Crippen LogP contribution in [0.1, 0.15) is 13.8 Å². The molecule has 0 bridgehead atoms. The summed E-state index contributed by atoms with van der Waals surface area (Å²) in [5, 5.41) is 7.31. The molecule has 0 aliphatic carbocycles. The molecule has 1 N–H and O–H groups in total. The van der Waals surface area contributed by atoms with Crippen LogP contribution in [0.25, 0.3) is 5.52 Å². The average molecular weight is 246 g/mol. The Morgan fingerprint density at radius 1 is 1.50 bits per heavy atom. The summed E-state index contributed by atoms with van der Waals surface area (Å²) in [7, 11) is 0. The molecule has 0 radical (unpaired) electrons. The minimum absolute atomic E-state index is 0.0410. The van der Waals surface area contributed by atoms with E-state index in [1.54, 1.807) is 33.7 Å². The summed E-state index contributed by atoms with van der Waals surface area (Å²) in [4.78, 5) is 12.1. The molecule has 2 aromatic rings. The van der Waals surface area contributed by atoms with Crippen LogP contribution < -0.4 is 10.9 Å². The van der Waals surface area contributed by atoms with Crippen molar-refractivity contribution in [2.24, 2.45) is 0 Å². The molecule has 0 fully saturated rings. The molecule has 0 unspecified atom stereocenters. The van der Waals surface area contributed by atoms with Crippen LogP contribution in [0.3, 0.4) is 0 Å². The predicted molar refractivity (Wildman–Crippen MR) is 71.7 cm³/mol. The van der Waals surface area contributed by atoms with Crippen molar-refractivity contribution in [2.45, 2.75) is 26.4 Å². The van der Waals surface area contributed by atoms with Crippen molar-refractivity contribution in [3.63, 3.8) is 0 Å². The number of nitrogens with one attached hydrogen (secondary N) is 1. The molecule has 0 aromatic carbocycles. The summed E-state index contributed by atoms with van der Waals surface area (Å²) in [6.07, 6.45) is 5.14. The summed E-state index contributed by atoms with van der Waals surface area (Å²) in [6, 6.07) is 2.13. The number of aromatic nitrogens is 3. The molecule has 2 aromatic heterocycles. The van der Waals surface area contributed by atoms with Gasteiger partial charge in [-0.3, -0.25) is 4.79 Å². The lowest BCUT2D eigenvalue weighted by atomic mass is 10.2. The average Bonchev–Trinajstić information content (AvgIpc) is 2.79. The second-order valence-corrected chi connectivity index (χ2v) is 4.68. The highest BCUT2D eigenvalue weighted by molar-refractivity contribution is 5.42. The lowest BCUT2D eigenvalue weighted by molar-refractivity contribution is 0.599. The zero-order valence-electron chi connectivity index (χ0n) is 10.8. The summed E-state index contributed by atoms with van der Waals surface area (Å²) in [6.45, 7) is 9.39. The standard InChI is InChI=1S/C13H18N4O/c1-10(2)14-8-11(3)9-16-6-7-17-12(13(16)18)4-5-15-17/h4-7,10,14H,3,8-9H2,1-2H3. The highest BCUT2D eigenvalue weighted by atomic mass is 16.1. The third-order valence-electron chi connectivity index (χ3n) is 2.69. The Kier molecular flexibility index (Phi) is 3.62. The molecule has 5 heteroatoms. The van der Waals surface area contributed by atoms with Gasteiger partial charge in [-0.2, -0.15) is 5.10 Å². The van der Waals surface area contributed by atoms with E-state index in [-0.39, 0.29) is 5.56 Å². The first-order valence-electron chi connectivity index (χ1n) is 6.01. The summed E-state index contributed by atoms with van der Waals surface area (Å²) < 4.78 is 3.23. The van der Waals surface area contributed by atoms with Crippen LogP contribution >= 0.6 is 0 Å². The normalized spacial score (nSPS) is 11.3. The first kappa shape index (κ1) is 12.6. The lowest BCUT2D eigenvalue weighted by Gasteiger charge is -2.12. The van der Waals surface area contributed by atoms with Crippen molar-refractivity contribution < 1.29 is 0 Å². The van der Waals surface area contributed by atoms with E-state index >= 15 is 0 Å². The molecule has 0 aliphatic heterocycles. The fourth-order valence-corrected chi connectivity index (χ4v) is 1.73. The maximum atomic E-state index is 12.1. The van der Waals surface area contributed by atoms with Gasteiger partial charge in [0.1, 0.15) is 5.52 Å². The van der Waals surface area contributed by atoms with E-state index in [0.717, 1.165) is 5.57 Å². The van der Waals surface area contributed by atoms with E-state index in [1.165, 1.54) is 0 Å². The van der Waals surface area contributed by atoms with Gasteiger partial charge in [0, 0.05) is 31.5 Å². The Labute approximate surface area is 106 Å². The van der Waals surface area contributed by atoms with Gasteiger partial charge >= 0.3 is 0 Å². The van der Waals surface area contributed by atoms with Gasteiger partial charge in [0.05, 0.1) is 6.20 Å². The van der Waals surface area contributed by atoms with Crippen LogP contribution in [0.5, 0.6) is 0 Å². The Balaban J connectivity index is 2.14. The van der Waals surface area contributed by atoms with Crippen molar-refractivity contribution in [2.75, 3.05) is 6.54 Å². The van der Waals surface area contributed by atoms with Gasteiger partial charge in [-0.1, -0.05) is 20.4 Å². The molecule has 5 nitrogen and oxygen atoms in total. The van der Waals surface area contributed by atoms with Crippen LogP contribution in [-0.4, -0.2) is 26.8 Å². The first-order chi connectivity index (χ1) is 8.58. The van der Waals surface area contributed by atoms with Gasteiger partial charge < -0.3 is 9.88 Å². The van der Waals surface area contributed by atoms with Crippen LogP contribution in [0.2, 0.25) is 0 Å². The minimum atomic E-state index is -0.0410. The molecule has 0 spiro atoms. The maximum absolute atomic E-state index is 12.1. The van der Waals surface area contributed by atoms with Gasteiger partial charge in [-0.15, -0.1) is 0 Å². The molecule has 2 heterocycles. The molecule has 0 aliphatic rings.